The first-order valence-electron chi connectivity index (χ1n) is 6.62. The number of rotatable bonds is 4. The average Bonchev–Trinajstić information content (AvgIpc) is 2.49. The molecule has 2 nitrogen and oxygen atoms in total. The molecule has 0 unspecified atom stereocenters. The van der Waals surface area contributed by atoms with Gasteiger partial charge in [0.25, 0.3) is 5.91 Å². The fourth-order valence-electron chi connectivity index (χ4n) is 2.06. The van der Waals surface area contributed by atoms with Crippen LogP contribution < -0.4 is 0 Å². The molecule has 0 fully saturated rings. The standard InChI is InChI=1S/C17H18NO/c1-3-18(4-2)17(19)16-12-10-15(11-13-16)14-8-6-5-7-9-14/h5-8,10-13H,3-4H2,1-2H3. The third kappa shape index (κ3) is 3.02. The van der Waals surface area contributed by atoms with Crippen molar-refractivity contribution >= 4 is 5.91 Å². The summed E-state index contributed by atoms with van der Waals surface area (Å²) in [6, 6.07) is 18.7. The first-order chi connectivity index (χ1) is 9.26. The molecule has 0 aliphatic heterocycles. The zero-order valence-corrected chi connectivity index (χ0v) is 11.4. The highest BCUT2D eigenvalue weighted by Gasteiger charge is 2.11. The predicted octanol–water partition coefficient (Wildman–Crippen LogP) is 3.64. The van der Waals surface area contributed by atoms with E-state index >= 15 is 0 Å². The molecule has 0 aromatic heterocycles. The summed E-state index contributed by atoms with van der Waals surface area (Å²) in [6.07, 6.45) is 0. The number of hydrogen-bond donors (Lipinski definition) is 0. The molecule has 0 aliphatic rings. The smallest absolute Gasteiger partial charge is 0.253 e. The summed E-state index contributed by atoms with van der Waals surface area (Å²) in [5.74, 6) is 0.0913. The maximum atomic E-state index is 12.2. The quantitative estimate of drug-likeness (QED) is 0.813. The molecule has 0 aliphatic carbocycles. The number of amides is 1. The minimum absolute atomic E-state index is 0.0913. The zero-order valence-electron chi connectivity index (χ0n) is 11.4. The molecule has 0 N–H and O–H groups in total. The van der Waals surface area contributed by atoms with E-state index in [0.717, 1.165) is 29.8 Å². The number of carbonyl (C=O) groups excluding carboxylic acids is 1. The third-order valence-electron chi connectivity index (χ3n) is 3.20. The van der Waals surface area contributed by atoms with E-state index in [1.807, 2.05) is 67.3 Å². The van der Waals surface area contributed by atoms with Gasteiger partial charge in [0.05, 0.1) is 0 Å². The van der Waals surface area contributed by atoms with Crippen molar-refractivity contribution in [2.24, 2.45) is 0 Å². The fraction of sp³-hybridized carbons (Fsp3) is 0.235. The van der Waals surface area contributed by atoms with Gasteiger partial charge in [-0.05, 0) is 43.2 Å². The Labute approximate surface area is 114 Å². The van der Waals surface area contributed by atoms with Crippen molar-refractivity contribution in [2.75, 3.05) is 13.1 Å². The average molecular weight is 252 g/mol. The maximum Gasteiger partial charge on any atom is 0.253 e. The molecule has 0 bridgehead atoms. The Morgan fingerprint density at radius 1 is 1.05 bits per heavy atom. The van der Waals surface area contributed by atoms with Crippen molar-refractivity contribution in [3.63, 3.8) is 0 Å². The Bertz CT molecular complexity index is 527. The Kier molecular flexibility index (Phi) is 4.35. The van der Waals surface area contributed by atoms with Gasteiger partial charge in [0, 0.05) is 18.7 Å². The lowest BCUT2D eigenvalue weighted by molar-refractivity contribution is 0.0773. The second-order valence-corrected chi connectivity index (χ2v) is 4.33. The first-order valence-corrected chi connectivity index (χ1v) is 6.62. The molecule has 2 aromatic rings. The van der Waals surface area contributed by atoms with E-state index in [9.17, 15) is 4.79 Å². The van der Waals surface area contributed by atoms with Gasteiger partial charge >= 0.3 is 0 Å². The Morgan fingerprint density at radius 2 is 1.74 bits per heavy atom. The van der Waals surface area contributed by atoms with Crippen molar-refractivity contribution in [3.05, 3.63) is 60.2 Å². The van der Waals surface area contributed by atoms with Gasteiger partial charge in [-0.1, -0.05) is 36.4 Å². The first kappa shape index (κ1) is 13.3. The molecule has 0 saturated carbocycles. The van der Waals surface area contributed by atoms with Crippen molar-refractivity contribution < 1.29 is 4.79 Å². The number of nitrogens with zero attached hydrogens (tertiary/aromatic N) is 1. The summed E-state index contributed by atoms with van der Waals surface area (Å²) >= 11 is 0. The lowest BCUT2D eigenvalue weighted by Gasteiger charge is -2.18. The minimum atomic E-state index is 0.0913. The summed E-state index contributed by atoms with van der Waals surface area (Å²) in [5.41, 5.74) is 2.87. The van der Waals surface area contributed by atoms with Crippen molar-refractivity contribution in [1.29, 1.82) is 0 Å². The molecule has 97 valence electrons. The van der Waals surface area contributed by atoms with E-state index in [4.69, 9.17) is 0 Å². The highest BCUT2D eigenvalue weighted by Crippen LogP contribution is 2.19. The SMILES string of the molecule is CCN(CC)C(=O)c1ccc(-c2[c]cccc2)cc1. The highest BCUT2D eigenvalue weighted by molar-refractivity contribution is 5.94. The summed E-state index contributed by atoms with van der Waals surface area (Å²) in [7, 11) is 0. The van der Waals surface area contributed by atoms with Crippen LogP contribution in [0.2, 0.25) is 0 Å². The van der Waals surface area contributed by atoms with Gasteiger partial charge in [-0.25, -0.2) is 0 Å². The topological polar surface area (TPSA) is 20.3 Å². The van der Waals surface area contributed by atoms with Gasteiger partial charge in [-0.2, -0.15) is 0 Å². The van der Waals surface area contributed by atoms with Crippen LogP contribution in [0.4, 0.5) is 0 Å². The monoisotopic (exact) mass is 252 g/mol. The van der Waals surface area contributed by atoms with Crippen LogP contribution in [0.5, 0.6) is 0 Å². The van der Waals surface area contributed by atoms with Crippen molar-refractivity contribution in [1.82, 2.24) is 4.90 Å². The van der Waals surface area contributed by atoms with Crippen LogP contribution in [-0.4, -0.2) is 23.9 Å². The second kappa shape index (κ2) is 6.19. The van der Waals surface area contributed by atoms with Gasteiger partial charge in [0.1, 0.15) is 0 Å². The van der Waals surface area contributed by atoms with Crippen LogP contribution >= 0.6 is 0 Å². The van der Waals surface area contributed by atoms with Crippen LogP contribution in [0.3, 0.4) is 0 Å². The van der Waals surface area contributed by atoms with E-state index < -0.39 is 0 Å². The van der Waals surface area contributed by atoms with E-state index in [-0.39, 0.29) is 5.91 Å². The molecule has 2 rings (SSSR count). The highest BCUT2D eigenvalue weighted by atomic mass is 16.2. The number of benzene rings is 2. The Morgan fingerprint density at radius 3 is 2.26 bits per heavy atom. The van der Waals surface area contributed by atoms with E-state index in [0.29, 0.717) is 0 Å². The van der Waals surface area contributed by atoms with Gasteiger partial charge in [-0.3, -0.25) is 4.79 Å². The second-order valence-electron chi connectivity index (χ2n) is 4.33. The van der Waals surface area contributed by atoms with E-state index in [1.54, 1.807) is 0 Å². The lowest BCUT2D eigenvalue weighted by atomic mass is 10.0. The molecule has 19 heavy (non-hydrogen) atoms. The van der Waals surface area contributed by atoms with Gasteiger partial charge < -0.3 is 4.90 Å². The van der Waals surface area contributed by atoms with Gasteiger partial charge in [0.2, 0.25) is 0 Å². The summed E-state index contributed by atoms with van der Waals surface area (Å²) < 4.78 is 0. The minimum Gasteiger partial charge on any atom is -0.339 e. The fourth-order valence-corrected chi connectivity index (χ4v) is 2.06. The zero-order chi connectivity index (χ0) is 13.7. The predicted molar refractivity (Wildman–Crippen MR) is 78.0 cm³/mol. The largest absolute Gasteiger partial charge is 0.339 e. The van der Waals surface area contributed by atoms with Crippen LogP contribution in [0.15, 0.2) is 48.5 Å². The van der Waals surface area contributed by atoms with Crippen LogP contribution in [-0.2, 0) is 0 Å². The maximum absolute atomic E-state index is 12.2. The molecule has 2 heteroatoms. The Hall–Kier alpha value is -2.09. The molecule has 2 aromatic carbocycles. The molecule has 0 heterocycles. The van der Waals surface area contributed by atoms with Crippen LogP contribution in [0.25, 0.3) is 11.1 Å². The molecule has 0 saturated heterocycles. The van der Waals surface area contributed by atoms with Crippen molar-refractivity contribution in [2.45, 2.75) is 13.8 Å². The third-order valence-corrected chi connectivity index (χ3v) is 3.20. The summed E-state index contributed by atoms with van der Waals surface area (Å²) in [6.45, 7) is 5.47. The van der Waals surface area contributed by atoms with Gasteiger partial charge in [0.15, 0.2) is 0 Å². The summed E-state index contributed by atoms with van der Waals surface area (Å²) in [5, 5.41) is 0. The number of carbonyl (C=O) groups is 1. The van der Waals surface area contributed by atoms with Crippen LogP contribution in [0.1, 0.15) is 24.2 Å². The number of hydrogen-bond acceptors (Lipinski definition) is 1. The molecular formula is C17H18NO. The van der Waals surface area contributed by atoms with Crippen LogP contribution in [0, 0.1) is 6.07 Å². The lowest BCUT2D eigenvalue weighted by Crippen LogP contribution is -2.30. The van der Waals surface area contributed by atoms with Gasteiger partial charge in [-0.15, -0.1) is 0 Å². The summed E-state index contributed by atoms with van der Waals surface area (Å²) in [4.78, 5) is 14.0. The normalized spacial score (nSPS) is 10.2. The molecular weight excluding hydrogens is 234 g/mol. The molecule has 1 amide bonds. The van der Waals surface area contributed by atoms with Crippen molar-refractivity contribution in [3.8, 4) is 11.1 Å². The van der Waals surface area contributed by atoms with E-state index in [2.05, 4.69) is 6.07 Å². The molecule has 0 atom stereocenters. The molecule has 1 radical (unpaired) electrons. The molecule has 0 spiro atoms. The van der Waals surface area contributed by atoms with E-state index in [1.165, 1.54) is 0 Å². The Balaban J connectivity index is 2.22.